The van der Waals surface area contributed by atoms with Gasteiger partial charge >= 0.3 is 0 Å². The predicted molar refractivity (Wildman–Crippen MR) is 148 cm³/mol. The number of ether oxygens (including phenoxy) is 1. The van der Waals surface area contributed by atoms with Gasteiger partial charge in [-0.15, -0.1) is 0 Å². The summed E-state index contributed by atoms with van der Waals surface area (Å²) in [4.78, 5) is 40.0. The average Bonchev–Trinajstić information content (AvgIpc) is 2.98. The Balaban J connectivity index is 1.45. The maximum absolute atomic E-state index is 13.7. The largest absolute Gasteiger partial charge is 0.507 e. The van der Waals surface area contributed by atoms with E-state index in [1.54, 1.807) is 84.9 Å². The normalized spacial score (nSPS) is 11.9. The summed E-state index contributed by atoms with van der Waals surface area (Å²) in [6.45, 7) is 0. The third-order valence-corrected chi connectivity index (χ3v) is 6.56. The van der Waals surface area contributed by atoms with Crippen molar-refractivity contribution in [3.05, 3.63) is 149 Å². The summed E-state index contributed by atoms with van der Waals surface area (Å²) in [5.74, 6) is -0.669. The molecule has 0 radical (unpaired) electrons. The number of hydrogen-bond acceptors (Lipinski definition) is 6. The first kappa shape index (κ1) is 23.9. The molecule has 5 aromatic carbocycles. The van der Waals surface area contributed by atoms with Crippen molar-refractivity contribution in [1.29, 1.82) is 0 Å². The Labute approximate surface area is 224 Å². The molecule has 2 N–H and O–H groups in total. The number of nitrogens with one attached hydrogen (secondary N) is 1. The number of aromatic hydroxyl groups is 1. The number of ketones is 3. The van der Waals surface area contributed by atoms with Crippen molar-refractivity contribution in [3.8, 4) is 17.2 Å². The van der Waals surface area contributed by atoms with Gasteiger partial charge in [-0.1, -0.05) is 72.8 Å². The fourth-order valence-corrected chi connectivity index (χ4v) is 4.68. The minimum Gasteiger partial charge on any atom is -0.507 e. The highest BCUT2D eigenvalue weighted by atomic mass is 16.5. The minimum atomic E-state index is -0.448. The van der Waals surface area contributed by atoms with Crippen LogP contribution in [0, 0.1) is 0 Å². The van der Waals surface area contributed by atoms with E-state index in [0.717, 1.165) is 0 Å². The minimum absolute atomic E-state index is 0.0223. The Morgan fingerprint density at radius 2 is 1.18 bits per heavy atom. The van der Waals surface area contributed by atoms with Gasteiger partial charge in [0.1, 0.15) is 11.5 Å². The standard InChI is InChI=1S/C33H21NO5/c35-26-19-27(39-23-11-5-2-6-12-23)30(29-28(26)32(37)24-13-7-8-14-25(24)33(29)38)34-22-17-15-21(16-18-22)31(36)20-9-3-1-4-10-20/h1-19,34-35H. The molecular formula is C33H21NO5. The van der Waals surface area contributed by atoms with Crippen LogP contribution in [0.25, 0.3) is 0 Å². The maximum atomic E-state index is 13.7. The second-order valence-corrected chi connectivity index (χ2v) is 9.04. The molecule has 0 saturated heterocycles. The van der Waals surface area contributed by atoms with E-state index in [9.17, 15) is 19.5 Å². The molecular weight excluding hydrogens is 490 g/mol. The van der Waals surface area contributed by atoms with Crippen LogP contribution in [0.2, 0.25) is 0 Å². The summed E-state index contributed by atoms with van der Waals surface area (Å²) in [5.41, 5.74) is 2.29. The van der Waals surface area contributed by atoms with E-state index in [1.165, 1.54) is 6.07 Å². The number of hydrogen-bond donors (Lipinski definition) is 2. The highest BCUT2D eigenvalue weighted by Gasteiger charge is 2.36. The molecule has 1 aliphatic carbocycles. The Morgan fingerprint density at radius 1 is 0.641 bits per heavy atom. The number of phenols is 1. The van der Waals surface area contributed by atoms with E-state index in [1.807, 2.05) is 24.3 Å². The number of anilines is 2. The zero-order valence-corrected chi connectivity index (χ0v) is 20.5. The van der Waals surface area contributed by atoms with Crippen molar-refractivity contribution in [1.82, 2.24) is 0 Å². The van der Waals surface area contributed by atoms with Crippen LogP contribution in [0.1, 0.15) is 47.8 Å². The van der Waals surface area contributed by atoms with E-state index >= 15 is 0 Å². The summed E-state index contributed by atoms with van der Waals surface area (Å²) in [6.07, 6.45) is 0. The van der Waals surface area contributed by atoms with Gasteiger partial charge in [0.25, 0.3) is 0 Å². The van der Waals surface area contributed by atoms with E-state index in [4.69, 9.17) is 4.74 Å². The third kappa shape index (κ3) is 4.34. The van der Waals surface area contributed by atoms with Crippen molar-refractivity contribution in [2.75, 3.05) is 5.32 Å². The molecule has 0 amide bonds. The SMILES string of the molecule is O=C(c1ccccc1)c1ccc(Nc2c(Oc3ccccc3)cc(O)c3c2C(=O)c2ccccc2C3=O)cc1. The third-order valence-electron chi connectivity index (χ3n) is 6.56. The molecule has 0 bridgehead atoms. The quantitative estimate of drug-likeness (QED) is 0.186. The van der Waals surface area contributed by atoms with Crippen LogP contribution < -0.4 is 10.1 Å². The van der Waals surface area contributed by atoms with Crippen LogP contribution >= 0.6 is 0 Å². The number of carbonyl (C=O) groups is 3. The van der Waals surface area contributed by atoms with Crippen molar-refractivity contribution >= 4 is 28.7 Å². The zero-order chi connectivity index (χ0) is 26.9. The summed E-state index contributed by atoms with van der Waals surface area (Å²) in [5, 5.41) is 14.1. The van der Waals surface area contributed by atoms with Crippen LogP contribution in [-0.2, 0) is 0 Å². The fourth-order valence-electron chi connectivity index (χ4n) is 4.68. The molecule has 39 heavy (non-hydrogen) atoms. The summed E-state index contributed by atoms with van der Waals surface area (Å²) >= 11 is 0. The molecule has 1 aliphatic rings. The van der Waals surface area contributed by atoms with Gasteiger partial charge in [0, 0.05) is 34.0 Å². The smallest absolute Gasteiger partial charge is 0.198 e. The molecule has 0 spiro atoms. The van der Waals surface area contributed by atoms with Gasteiger partial charge in [-0.25, -0.2) is 0 Å². The molecule has 0 saturated carbocycles. The van der Waals surface area contributed by atoms with Crippen molar-refractivity contribution in [2.45, 2.75) is 0 Å². The van der Waals surface area contributed by atoms with Crippen LogP contribution in [0.4, 0.5) is 11.4 Å². The number of benzene rings is 5. The Bertz CT molecular complexity index is 1740. The van der Waals surface area contributed by atoms with E-state index in [-0.39, 0.29) is 45.2 Å². The molecule has 5 aromatic rings. The molecule has 0 heterocycles. The lowest BCUT2D eigenvalue weighted by atomic mass is 9.82. The lowest BCUT2D eigenvalue weighted by Crippen LogP contribution is -2.22. The Kier molecular flexibility index (Phi) is 5.98. The zero-order valence-electron chi connectivity index (χ0n) is 20.5. The molecule has 6 heteroatoms. The Morgan fingerprint density at radius 3 is 1.82 bits per heavy atom. The molecule has 0 aromatic heterocycles. The maximum Gasteiger partial charge on any atom is 0.198 e. The Hall–Kier alpha value is -5.49. The number of para-hydroxylation sites is 1. The van der Waals surface area contributed by atoms with Crippen LogP contribution in [0.15, 0.2) is 115 Å². The van der Waals surface area contributed by atoms with Crippen molar-refractivity contribution in [3.63, 3.8) is 0 Å². The second kappa shape index (κ2) is 9.76. The van der Waals surface area contributed by atoms with Gasteiger partial charge in [-0.05, 0) is 36.4 Å². The van der Waals surface area contributed by atoms with E-state index < -0.39 is 11.6 Å². The lowest BCUT2D eigenvalue weighted by Gasteiger charge is -2.24. The van der Waals surface area contributed by atoms with Crippen LogP contribution in [-0.4, -0.2) is 22.5 Å². The van der Waals surface area contributed by atoms with E-state index in [0.29, 0.717) is 22.6 Å². The van der Waals surface area contributed by atoms with Gasteiger partial charge < -0.3 is 15.2 Å². The van der Waals surface area contributed by atoms with Crippen LogP contribution in [0.3, 0.4) is 0 Å². The first-order valence-corrected chi connectivity index (χ1v) is 12.3. The average molecular weight is 512 g/mol. The number of phenolic OH excluding ortho intramolecular Hbond substituents is 1. The van der Waals surface area contributed by atoms with Gasteiger partial charge in [-0.3, -0.25) is 14.4 Å². The van der Waals surface area contributed by atoms with Crippen LogP contribution in [0.5, 0.6) is 17.2 Å². The van der Waals surface area contributed by atoms with Gasteiger partial charge in [0.15, 0.2) is 23.1 Å². The topological polar surface area (TPSA) is 92.7 Å². The lowest BCUT2D eigenvalue weighted by molar-refractivity contribution is 0.0977. The molecule has 6 rings (SSSR count). The molecule has 0 aliphatic heterocycles. The first-order valence-electron chi connectivity index (χ1n) is 12.3. The number of rotatable bonds is 6. The van der Waals surface area contributed by atoms with Crippen molar-refractivity contribution < 1.29 is 24.2 Å². The fraction of sp³-hybridized carbons (Fsp3) is 0. The first-order chi connectivity index (χ1) is 19.0. The van der Waals surface area contributed by atoms with Crippen molar-refractivity contribution in [2.24, 2.45) is 0 Å². The number of carbonyl (C=O) groups excluding carboxylic acids is 3. The highest BCUT2D eigenvalue weighted by molar-refractivity contribution is 6.31. The van der Waals surface area contributed by atoms with Gasteiger partial charge in [0.2, 0.25) is 0 Å². The molecule has 188 valence electrons. The predicted octanol–water partition coefficient (Wildman–Crippen LogP) is 6.93. The van der Waals surface area contributed by atoms with E-state index in [2.05, 4.69) is 5.32 Å². The monoisotopic (exact) mass is 511 g/mol. The summed E-state index contributed by atoms with van der Waals surface area (Å²) in [7, 11) is 0. The summed E-state index contributed by atoms with van der Waals surface area (Å²) < 4.78 is 6.08. The molecule has 0 unspecified atom stereocenters. The van der Waals surface area contributed by atoms with Gasteiger partial charge in [0.05, 0.1) is 16.8 Å². The molecule has 0 atom stereocenters. The van der Waals surface area contributed by atoms with Gasteiger partial charge in [-0.2, -0.15) is 0 Å². The highest BCUT2D eigenvalue weighted by Crippen LogP contribution is 2.45. The molecule has 6 nitrogen and oxygen atoms in total. The molecule has 0 fully saturated rings. The summed E-state index contributed by atoms with van der Waals surface area (Å²) in [6, 6.07) is 32.6. The second-order valence-electron chi connectivity index (χ2n) is 9.04. The number of fused-ring (bicyclic) bond motifs is 2.